The number of carbonyl (C=O) groups excluding carboxylic acids is 3. The molecule has 8 nitrogen and oxygen atoms in total. The summed E-state index contributed by atoms with van der Waals surface area (Å²) in [6.45, 7) is 1.56. The molecule has 0 spiro atoms. The van der Waals surface area contributed by atoms with E-state index in [0.717, 1.165) is 11.1 Å². The molecule has 2 atom stereocenters. The molecule has 3 N–H and O–H groups in total. The maximum atomic E-state index is 12.4. The minimum atomic E-state index is -0.943. The number of hydrogen-bond acceptors (Lipinski definition) is 6. The second-order valence-electron chi connectivity index (χ2n) is 6.38. The Morgan fingerprint density at radius 3 is 2.24 bits per heavy atom. The van der Waals surface area contributed by atoms with E-state index in [9.17, 15) is 19.5 Å². The molecule has 29 heavy (non-hydrogen) atoms. The van der Waals surface area contributed by atoms with Crippen LogP contribution < -0.4 is 10.6 Å². The number of alkyl carbamates (subject to hydrolysis) is 1. The Morgan fingerprint density at radius 2 is 1.62 bits per heavy atom. The SMILES string of the molecule is COC(=O)[C@@H](Cc1ccc(O)cc1)NC(=O)[C@@H](C)NC(=O)OCc1ccccc1. The van der Waals surface area contributed by atoms with Crippen molar-refractivity contribution in [3.05, 3.63) is 65.7 Å². The monoisotopic (exact) mass is 400 g/mol. The molecule has 0 aromatic heterocycles. The van der Waals surface area contributed by atoms with Crippen molar-refractivity contribution >= 4 is 18.0 Å². The summed E-state index contributed by atoms with van der Waals surface area (Å²) in [7, 11) is 1.22. The van der Waals surface area contributed by atoms with Gasteiger partial charge in [-0.3, -0.25) is 4.79 Å². The molecule has 2 aromatic carbocycles. The van der Waals surface area contributed by atoms with Gasteiger partial charge >= 0.3 is 12.1 Å². The number of phenols is 1. The van der Waals surface area contributed by atoms with Crippen LogP contribution >= 0.6 is 0 Å². The van der Waals surface area contributed by atoms with Crippen molar-refractivity contribution in [2.75, 3.05) is 7.11 Å². The lowest BCUT2D eigenvalue weighted by Gasteiger charge is -2.20. The average molecular weight is 400 g/mol. The van der Waals surface area contributed by atoms with E-state index in [1.807, 2.05) is 30.3 Å². The number of esters is 1. The van der Waals surface area contributed by atoms with Crippen molar-refractivity contribution in [2.45, 2.75) is 32.0 Å². The zero-order valence-corrected chi connectivity index (χ0v) is 16.3. The maximum Gasteiger partial charge on any atom is 0.408 e. The van der Waals surface area contributed by atoms with Gasteiger partial charge in [0.2, 0.25) is 5.91 Å². The van der Waals surface area contributed by atoms with E-state index in [0.29, 0.717) is 0 Å². The minimum absolute atomic E-state index is 0.0760. The van der Waals surface area contributed by atoms with Gasteiger partial charge in [-0.25, -0.2) is 9.59 Å². The smallest absolute Gasteiger partial charge is 0.408 e. The van der Waals surface area contributed by atoms with Crippen LogP contribution in [0.5, 0.6) is 5.75 Å². The number of aromatic hydroxyl groups is 1. The number of ether oxygens (including phenoxy) is 2. The lowest BCUT2D eigenvalue weighted by atomic mass is 10.1. The fourth-order valence-electron chi connectivity index (χ4n) is 2.51. The highest BCUT2D eigenvalue weighted by atomic mass is 16.5. The van der Waals surface area contributed by atoms with E-state index < -0.39 is 30.1 Å². The summed E-state index contributed by atoms with van der Waals surface area (Å²) in [5, 5.41) is 14.3. The van der Waals surface area contributed by atoms with Crippen LogP contribution in [0.1, 0.15) is 18.1 Å². The number of hydrogen-bond donors (Lipinski definition) is 3. The lowest BCUT2D eigenvalue weighted by molar-refractivity contribution is -0.145. The second kappa shape index (κ2) is 10.7. The molecule has 2 aromatic rings. The molecule has 154 valence electrons. The summed E-state index contributed by atoms with van der Waals surface area (Å²) in [6.07, 6.45) is -0.575. The molecule has 0 bridgehead atoms. The molecule has 2 amide bonds. The third-order valence-electron chi connectivity index (χ3n) is 4.12. The Morgan fingerprint density at radius 1 is 0.966 bits per heavy atom. The van der Waals surface area contributed by atoms with Gasteiger partial charge in [-0.1, -0.05) is 42.5 Å². The van der Waals surface area contributed by atoms with Crippen LogP contribution in [0.25, 0.3) is 0 Å². The molecule has 0 saturated carbocycles. The zero-order chi connectivity index (χ0) is 21.2. The van der Waals surface area contributed by atoms with Crippen molar-refractivity contribution in [1.82, 2.24) is 10.6 Å². The van der Waals surface area contributed by atoms with E-state index in [4.69, 9.17) is 9.47 Å². The van der Waals surface area contributed by atoms with Crippen molar-refractivity contribution < 1.29 is 29.0 Å². The van der Waals surface area contributed by atoms with Gasteiger partial charge in [-0.2, -0.15) is 0 Å². The van der Waals surface area contributed by atoms with Crippen LogP contribution in [-0.2, 0) is 32.1 Å². The summed E-state index contributed by atoms with van der Waals surface area (Å²) in [4.78, 5) is 36.3. The van der Waals surface area contributed by atoms with E-state index >= 15 is 0 Å². The summed E-state index contributed by atoms with van der Waals surface area (Å²) in [5.41, 5.74) is 1.54. The molecule has 0 aliphatic heterocycles. The summed E-state index contributed by atoms with van der Waals surface area (Å²) < 4.78 is 9.83. The largest absolute Gasteiger partial charge is 0.508 e. The number of carbonyl (C=O) groups is 3. The first-order valence-corrected chi connectivity index (χ1v) is 9.02. The van der Waals surface area contributed by atoms with Crippen molar-refractivity contribution in [2.24, 2.45) is 0 Å². The van der Waals surface area contributed by atoms with Crippen molar-refractivity contribution in [3.63, 3.8) is 0 Å². The van der Waals surface area contributed by atoms with E-state index in [-0.39, 0.29) is 18.8 Å². The number of amides is 2. The molecular formula is C21H24N2O6. The Labute approximate surface area is 168 Å². The Balaban J connectivity index is 1.88. The first kappa shape index (κ1) is 21.7. The van der Waals surface area contributed by atoms with E-state index in [1.165, 1.54) is 26.2 Å². The predicted octanol–water partition coefficient (Wildman–Crippen LogP) is 1.91. The summed E-state index contributed by atoms with van der Waals surface area (Å²) in [6, 6.07) is 13.5. The molecular weight excluding hydrogens is 376 g/mol. The van der Waals surface area contributed by atoms with Gasteiger partial charge in [0.1, 0.15) is 24.4 Å². The third-order valence-corrected chi connectivity index (χ3v) is 4.12. The highest BCUT2D eigenvalue weighted by molar-refractivity contribution is 5.89. The molecule has 0 aliphatic carbocycles. The molecule has 0 aliphatic rings. The van der Waals surface area contributed by atoms with Crippen LogP contribution in [0.4, 0.5) is 4.79 Å². The van der Waals surface area contributed by atoms with Crippen molar-refractivity contribution in [3.8, 4) is 5.75 Å². The van der Waals surface area contributed by atoms with Crippen LogP contribution in [0.3, 0.4) is 0 Å². The lowest BCUT2D eigenvalue weighted by Crippen LogP contribution is -2.51. The van der Waals surface area contributed by atoms with Gasteiger partial charge < -0.3 is 25.2 Å². The first-order valence-electron chi connectivity index (χ1n) is 9.02. The molecule has 0 unspecified atom stereocenters. The van der Waals surface area contributed by atoms with Gasteiger partial charge in [0.05, 0.1) is 7.11 Å². The van der Waals surface area contributed by atoms with Gasteiger partial charge in [0, 0.05) is 6.42 Å². The number of rotatable bonds is 8. The quantitative estimate of drug-likeness (QED) is 0.583. The fourth-order valence-corrected chi connectivity index (χ4v) is 2.51. The number of nitrogens with one attached hydrogen (secondary N) is 2. The first-order chi connectivity index (χ1) is 13.9. The average Bonchev–Trinajstić information content (AvgIpc) is 2.73. The third kappa shape index (κ3) is 7.17. The molecule has 2 rings (SSSR count). The zero-order valence-electron chi connectivity index (χ0n) is 16.3. The highest BCUT2D eigenvalue weighted by Gasteiger charge is 2.25. The predicted molar refractivity (Wildman–Crippen MR) is 105 cm³/mol. The van der Waals surface area contributed by atoms with Crippen LogP contribution in [0.15, 0.2) is 54.6 Å². The van der Waals surface area contributed by atoms with Crippen LogP contribution in [0, 0.1) is 0 Å². The van der Waals surface area contributed by atoms with Gasteiger partial charge in [-0.15, -0.1) is 0 Å². The topological polar surface area (TPSA) is 114 Å². The molecule has 0 saturated heterocycles. The molecule has 8 heteroatoms. The second-order valence-corrected chi connectivity index (χ2v) is 6.38. The van der Waals surface area contributed by atoms with Gasteiger partial charge in [0.15, 0.2) is 0 Å². The summed E-state index contributed by atoms with van der Waals surface area (Å²) >= 11 is 0. The molecule has 0 radical (unpaired) electrons. The van der Waals surface area contributed by atoms with E-state index in [1.54, 1.807) is 12.1 Å². The Bertz CT molecular complexity index is 823. The van der Waals surface area contributed by atoms with Crippen LogP contribution in [-0.4, -0.2) is 42.3 Å². The Hall–Kier alpha value is -3.55. The minimum Gasteiger partial charge on any atom is -0.508 e. The van der Waals surface area contributed by atoms with Gasteiger partial charge in [0.25, 0.3) is 0 Å². The fraction of sp³-hybridized carbons (Fsp3) is 0.286. The highest BCUT2D eigenvalue weighted by Crippen LogP contribution is 2.12. The van der Waals surface area contributed by atoms with Gasteiger partial charge in [-0.05, 0) is 30.2 Å². The molecule has 0 heterocycles. The normalized spacial score (nSPS) is 12.3. The van der Waals surface area contributed by atoms with E-state index in [2.05, 4.69) is 10.6 Å². The number of benzene rings is 2. The number of methoxy groups -OCH3 is 1. The standard InChI is InChI=1S/C21H24N2O6/c1-14(22-21(27)29-13-16-6-4-3-5-7-16)19(25)23-18(20(26)28-2)12-15-8-10-17(24)11-9-15/h3-11,14,18,24H,12-13H2,1-2H3,(H,22,27)(H,23,25)/t14-,18-/m1/s1. The molecule has 0 fully saturated rings. The Kier molecular flexibility index (Phi) is 8.02. The van der Waals surface area contributed by atoms with Crippen molar-refractivity contribution in [1.29, 1.82) is 0 Å². The maximum absolute atomic E-state index is 12.4. The van der Waals surface area contributed by atoms with Crippen LogP contribution in [0.2, 0.25) is 0 Å². The summed E-state index contributed by atoms with van der Waals surface area (Å²) in [5.74, 6) is -1.08. The number of phenolic OH excluding ortho intramolecular Hbond substituents is 1.